The number of rotatable bonds is 15. The summed E-state index contributed by atoms with van der Waals surface area (Å²) in [5, 5.41) is -0.196. The molecule has 0 radical (unpaired) electrons. The molecule has 1 saturated carbocycles. The van der Waals surface area contributed by atoms with Gasteiger partial charge >= 0.3 is 12.2 Å². The Bertz CT molecular complexity index is 2460. The number of anilines is 2. The largest absolute Gasteiger partial charge is 0.493 e. The molecule has 8 rings (SSSR count). The van der Waals surface area contributed by atoms with Gasteiger partial charge < -0.3 is 42.6 Å². The molecule has 67 heavy (non-hydrogen) atoms. The highest BCUT2D eigenvalue weighted by molar-refractivity contribution is 6.74. The SMILES string of the molecule is C=CCOC(=O)N1C[C@@H]2CC(c3ccccc3)=CN2C(=O)c2cc(OC)c(OCCCOc3cc4c(cc3OC)C(=O)N3CC5(CC5)C[C@H]3C(O[Si](C)(C)C(C)(C)C)N4C(=O)OCC=C)cc21. The first-order valence-corrected chi connectivity index (χ1v) is 25.8. The van der Waals surface area contributed by atoms with E-state index in [0.29, 0.717) is 60.2 Å². The van der Waals surface area contributed by atoms with Crippen molar-refractivity contribution in [2.45, 2.75) is 89.3 Å². The number of fused-ring (bicyclic) bond motifs is 4. The van der Waals surface area contributed by atoms with Gasteiger partial charge in [-0.25, -0.2) is 14.5 Å². The van der Waals surface area contributed by atoms with Crippen molar-refractivity contribution in [3.63, 3.8) is 0 Å². The smallest absolute Gasteiger partial charge is 0.416 e. The number of amides is 4. The minimum atomic E-state index is -2.54. The second-order valence-corrected chi connectivity index (χ2v) is 24.1. The van der Waals surface area contributed by atoms with Crippen LogP contribution in [0, 0.1) is 5.41 Å². The van der Waals surface area contributed by atoms with Crippen LogP contribution in [0.4, 0.5) is 21.0 Å². The van der Waals surface area contributed by atoms with Gasteiger partial charge in [0.05, 0.1) is 68.6 Å². The molecule has 3 aromatic rings. The summed E-state index contributed by atoms with van der Waals surface area (Å²) in [5.41, 5.74) is 3.19. The molecular formula is C51H62N4O11Si. The first-order chi connectivity index (χ1) is 32.0. The normalized spacial score (nSPS) is 20.4. The number of benzene rings is 3. The van der Waals surface area contributed by atoms with Gasteiger partial charge in [-0.3, -0.25) is 14.5 Å². The van der Waals surface area contributed by atoms with E-state index in [1.807, 2.05) is 41.4 Å². The first-order valence-electron chi connectivity index (χ1n) is 22.9. The molecule has 2 fully saturated rings. The summed E-state index contributed by atoms with van der Waals surface area (Å²) in [6.07, 6.45) is 6.43. The molecule has 0 aromatic heterocycles. The van der Waals surface area contributed by atoms with Gasteiger partial charge in [0.2, 0.25) is 0 Å². The second kappa shape index (κ2) is 18.8. The zero-order valence-corrected chi connectivity index (χ0v) is 40.6. The maximum atomic E-state index is 14.6. The number of methoxy groups -OCH3 is 2. The summed E-state index contributed by atoms with van der Waals surface area (Å²) < 4.78 is 42.7. The van der Waals surface area contributed by atoms with Crippen molar-refractivity contribution < 1.29 is 52.0 Å². The van der Waals surface area contributed by atoms with Crippen LogP contribution < -0.4 is 28.7 Å². The number of ether oxygens (including phenoxy) is 6. The highest BCUT2D eigenvalue weighted by Crippen LogP contribution is 2.58. The van der Waals surface area contributed by atoms with E-state index in [-0.39, 0.29) is 72.4 Å². The van der Waals surface area contributed by atoms with E-state index >= 15 is 0 Å². The van der Waals surface area contributed by atoms with Crippen molar-refractivity contribution in [2.24, 2.45) is 5.41 Å². The Kier molecular flexibility index (Phi) is 13.2. The molecule has 3 atom stereocenters. The lowest BCUT2D eigenvalue weighted by molar-refractivity contribution is 0.0528. The molecule has 356 valence electrons. The van der Waals surface area contributed by atoms with Gasteiger partial charge in [-0.2, -0.15) is 0 Å². The third-order valence-electron chi connectivity index (χ3n) is 13.9. The van der Waals surface area contributed by atoms with Gasteiger partial charge in [0.15, 0.2) is 37.5 Å². The fourth-order valence-electron chi connectivity index (χ4n) is 9.15. The molecule has 1 spiro atoms. The highest BCUT2D eigenvalue weighted by Gasteiger charge is 2.59. The Balaban J connectivity index is 1.05. The van der Waals surface area contributed by atoms with Crippen molar-refractivity contribution in [3.05, 3.63) is 103 Å². The predicted octanol–water partition coefficient (Wildman–Crippen LogP) is 9.44. The number of nitrogens with zero attached hydrogens (tertiary/aromatic N) is 4. The summed E-state index contributed by atoms with van der Waals surface area (Å²) in [6, 6.07) is 15.6. The fourth-order valence-corrected chi connectivity index (χ4v) is 10.4. The molecule has 16 heteroatoms. The van der Waals surface area contributed by atoms with E-state index in [2.05, 4.69) is 47.0 Å². The molecule has 4 aliphatic heterocycles. The Morgan fingerprint density at radius 1 is 0.821 bits per heavy atom. The van der Waals surface area contributed by atoms with E-state index < -0.39 is 32.8 Å². The average Bonchev–Trinajstić information content (AvgIpc) is 3.82. The van der Waals surface area contributed by atoms with Crippen molar-refractivity contribution in [1.29, 1.82) is 0 Å². The summed E-state index contributed by atoms with van der Waals surface area (Å²) in [5.74, 6) is 0.761. The maximum absolute atomic E-state index is 14.6. The molecule has 3 aromatic carbocycles. The van der Waals surface area contributed by atoms with Crippen LogP contribution in [-0.2, 0) is 13.9 Å². The molecule has 4 heterocycles. The monoisotopic (exact) mass is 934 g/mol. The van der Waals surface area contributed by atoms with Gasteiger partial charge in [0.1, 0.15) is 13.2 Å². The maximum Gasteiger partial charge on any atom is 0.416 e. The standard InChI is InChI=1S/C51H62N4O11Si/c1-10-20-64-48(58)53-31-35-24-34(33-16-13-12-14-17-33)30-52(35)45(56)36-25-41(60-6)43(27-38(36)53)62-22-15-23-63-44-28-39-37(26-42(44)61-7)46(57)54-32-51(18-19-51)29-40(54)47(55(39)49(59)65-21-11-2)66-67(8,9)50(3,4)5/h10-14,16-17,25-28,30,35,40,47H,1-2,15,18-24,29,31-32H2,3-9H3/t35-,40-,47?/m0/s1. The Morgan fingerprint density at radius 3 is 2.00 bits per heavy atom. The van der Waals surface area contributed by atoms with E-state index in [1.165, 1.54) is 36.2 Å². The van der Waals surface area contributed by atoms with Crippen molar-refractivity contribution in [1.82, 2.24) is 9.80 Å². The number of hydrogen-bond acceptors (Lipinski definition) is 11. The van der Waals surface area contributed by atoms with E-state index in [1.54, 1.807) is 29.2 Å². The number of carbonyl (C=O) groups excluding carboxylic acids is 4. The van der Waals surface area contributed by atoms with E-state index in [0.717, 1.165) is 24.0 Å². The predicted molar refractivity (Wildman–Crippen MR) is 257 cm³/mol. The van der Waals surface area contributed by atoms with Gasteiger partial charge in [-0.1, -0.05) is 76.4 Å². The summed E-state index contributed by atoms with van der Waals surface area (Å²) in [7, 11) is 0.449. The van der Waals surface area contributed by atoms with E-state index in [9.17, 15) is 19.2 Å². The Morgan fingerprint density at radius 2 is 1.42 bits per heavy atom. The quantitative estimate of drug-likeness (QED) is 0.0816. The van der Waals surface area contributed by atoms with E-state index in [4.69, 9.17) is 32.8 Å². The van der Waals surface area contributed by atoms with Crippen LogP contribution in [0.2, 0.25) is 18.1 Å². The van der Waals surface area contributed by atoms with Gasteiger partial charge in [0, 0.05) is 31.3 Å². The summed E-state index contributed by atoms with van der Waals surface area (Å²) in [6.45, 7) is 19.2. The number of carbonyl (C=O) groups is 4. The van der Waals surface area contributed by atoms with Gasteiger partial charge in [-0.15, -0.1) is 0 Å². The van der Waals surface area contributed by atoms with Crippen LogP contribution in [0.25, 0.3) is 5.57 Å². The van der Waals surface area contributed by atoms with Crippen LogP contribution in [0.5, 0.6) is 23.0 Å². The van der Waals surface area contributed by atoms with Gasteiger partial charge in [-0.05, 0) is 72.5 Å². The molecular weight excluding hydrogens is 873 g/mol. The molecule has 15 nitrogen and oxygen atoms in total. The van der Waals surface area contributed by atoms with Crippen LogP contribution in [0.3, 0.4) is 0 Å². The molecule has 0 N–H and O–H groups in total. The molecule has 1 aliphatic carbocycles. The molecule has 0 bridgehead atoms. The van der Waals surface area contributed by atoms with Crippen LogP contribution in [-0.4, -0.2) is 114 Å². The topological polar surface area (TPSA) is 146 Å². The number of hydrogen-bond donors (Lipinski definition) is 0. The molecule has 1 unspecified atom stereocenters. The highest BCUT2D eigenvalue weighted by atomic mass is 28.4. The third-order valence-corrected chi connectivity index (χ3v) is 18.4. The lowest BCUT2D eigenvalue weighted by Crippen LogP contribution is -2.58. The lowest BCUT2D eigenvalue weighted by Gasteiger charge is -2.44. The van der Waals surface area contributed by atoms with Gasteiger partial charge in [0.25, 0.3) is 11.8 Å². The van der Waals surface area contributed by atoms with Crippen molar-refractivity contribution in [2.75, 3.05) is 63.5 Å². The molecule has 1 saturated heterocycles. The van der Waals surface area contributed by atoms with Crippen molar-refractivity contribution >= 4 is 49.3 Å². The minimum Gasteiger partial charge on any atom is -0.493 e. The Labute approximate surface area is 393 Å². The molecule has 5 aliphatic rings. The van der Waals surface area contributed by atoms with Crippen LogP contribution >= 0.6 is 0 Å². The third kappa shape index (κ3) is 9.25. The summed E-state index contributed by atoms with van der Waals surface area (Å²) in [4.78, 5) is 63.4. The first kappa shape index (κ1) is 47.2. The van der Waals surface area contributed by atoms with Crippen LogP contribution in [0.15, 0.2) is 86.1 Å². The summed E-state index contributed by atoms with van der Waals surface area (Å²) >= 11 is 0. The molecule has 4 amide bonds. The fraction of sp³-hybridized carbons (Fsp3) is 0.451. The van der Waals surface area contributed by atoms with Crippen molar-refractivity contribution in [3.8, 4) is 23.0 Å². The second-order valence-electron chi connectivity index (χ2n) is 19.4. The minimum absolute atomic E-state index is 0.00630. The average molecular weight is 935 g/mol. The zero-order valence-electron chi connectivity index (χ0n) is 39.6. The zero-order chi connectivity index (χ0) is 47.8. The van der Waals surface area contributed by atoms with Crippen LogP contribution in [0.1, 0.15) is 79.2 Å². The Hall–Kier alpha value is -6.26. The lowest BCUT2D eigenvalue weighted by atomic mass is 10.0.